The van der Waals surface area contributed by atoms with Crippen LogP contribution in [0.25, 0.3) is 0 Å². The van der Waals surface area contributed by atoms with Crippen LogP contribution in [0, 0.1) is 0 Å². The maximum absolute atomic E-state index is 11.5. The number of carboxylic acid groups (broad SMARTS) is 1. The van der Waals surface area contributed by atoms with Gasteiger partial charge in [-0.1, -0.05) is 0 Å². The van der Waals surface area contributed by atoms with Gasteiger partial charge in [0.15, 0.2) is 0 Å². The van der Waals surface area contributed by atoms with Crippen molar-refractivity contribution in [3.05, 3.63) is 0 Å². The van der Waals surface area contributed by atoms with E-state index in [1.165, 1.54) is 0 Å². The van der Waals surface area contributed by atoms with Gasteiger partial charge in [0.05, 0.1) is 0 Å². The summed E-state index contributed by atoms with van der Waals surface area (Å²) in [6.45, 7) is 1.39. The lowest BCUT2D eigenvalue weighted by Crippen LogP contribution is -2.47. The van der Waals surface area contributed by atoms with E-state index in [2.05, 4.69) is 5.32 Å². The maximum Gasteiger partial charge on any atom is 0.317 e. The Hall–Kier alpha value is -1.11. The lowest BCUT2D eigenvalue weighted by molar-refractivity contribution is -0.137. The van der Waals surface area contributed by atoms with Crippen LogP contribution in [0.4, 0.5) is 4.79 Å². The van der Waals surface area contributed by atoms with E-state index in [-0.39, 0.29) is 12.5 Å². The molecule has 0 spiro atoms. The van der Waals surface area contributed by atoms with Crippen LogP contribution in [-0.2, 0) is 15.6 Å². The van der Waals surface area contributed by atoms with Gasteiger partial charge < -0.3 is 15.3 Å². The number of amides is 2. The lowest BCUT2D eigenvalue weighted by atomic mass is 10.3. The second-order valence-corrected chi connectivity index (χ2v) is 5.26. The Labute approximate surface area is 96.5 Å². The standard InChI is InChI=1S/C9H16N2O4S/c12-8(13)2-1-3-10-9(14)11-4-6-16(15)7-5-11/h1-7H2,(H,10,14)(H,12,13). The molecular weight excluding hydrogens is 232 g/mol. The maximum atomic E-state index is 11.5. The first-order valence-corrected chi connectivity index (χ1v) is 6.68. The van der Waals surface area contributed by atoms with Crippen molar-refractivity contribution >= 4 is 22.8 Å². The van der Waals surface area contributed by atoms with E-state index in [4.69, 9.17) is 5.11 Å². The van der Waals surface area contributed by atoms with Crippen molar-refractivity contribution in [1.29, 1.82) is 0 Å². The molecule has 1 aliphatic heterocycles. The summed E-state index contributed by atoms with van der Waals surface area (Å²) in [7, 11) is -0.790. The molecule has 1 fully saturated rings. The Bertz CT molecular complexity index is 285. The molecule has 0 aromatic carbocycles. The van der Waals surface area contributed by atoms with Gasteiger partial charge in [-0.15, -0.1) is 0 Å². The Morgan fingerprint density at radius 2 is 1.94 bits per heavy atom. The van der Waals surface area contributed by atoms with E-state index in [0.717, 1.165) is 0 Å². The van der Waals surface area contributed by atoms with Crippen molar-refractivity contribution in [1.82, 2.24) is 10.2 Å². The van der Waals surface area contributed by atoms with Gasteiger partial charge in [0.25, 0.3) is 0 Å². The number of urea groups is 1. The fourth-order valence-electron chi connectivity index (χ4n) is 1.39. The largest absolute Gasteiger partial charge is 0.481 e. The molecule has 0 unspecified atom stereocenters. The number of carbonyl (C=O) groups excluding carboxylic acids is 1. The molecule has 1 saturated heterocycles. The van der Waals surface area contributed by atoms with E-state index in [1.807, 2.05) is 0 Å². The molecule has 16 heavy (non-hydrogen) atoms. The summed E-state index contributed by atoms with van der Waals surface area (Å²) in [6, 6.07) is -0.193. The second kappa shape index (κ2) is 6.47. The van der Waals surface area contributed by atoms with Crippen molar-refractivity contribution in [3.63, 3.8) is 0 Å². The molecule has 6 nitrogen and oxygen atoms in total. The average molecular weight is 248 g/mol. The quantitative estimate of drug-likeness (QED) is 0.664. The van der Waals surface area contributed by atoms with E-state index in [0.29, 0.717) is 37.6 Å². The topological polar surface area (TPSA) is 86.7 Å². The molecule has 0 radical (unpaired) electrons. The van der Waals surface area contributed by atoms with Crippen molar-refractivity contribution in [2.45, 2.75) is 12.8 Å². The highest BCUT2D eigenvalue weighted by atomic mass is 32.2. The monoisotopic (exact) mass is 248 g/mol. The van der Waals surface area contributed by atoms with Crippen molar-refractivity contribution < 1.29 is 18.9 Å². The first kappa shape index (κ1) is 13.0. The molecule has 2 N–H and O–H groups in total. The second-order valence-electron chi connectivity index (χ2n) is 3.56. The highest BCUT2D eigenvalue weighted by molar-refractivity contribution is 7.85. The number of aliphatic carboxylic acids is 1. The van der Waals surface area contributed by atoms with Crippen LogP contribution in [0.5, 0.6) is 0 Å². The molecule has 0 aromatic heterocycles. The average Bonchev–Trinajstić information content (AvgIpc) is 2.25. The molecule has 0 aromatic rings. The summed E-state index contributed by atoms with van der Waals surface area (Å²) in [5.41, 5.74) is 0. The van der Waals surface area contributed by atoms with Crippen LogP contribution in [0.3, 0.4) is 0 Å². The molecule has 1 heterocycles. The summed E-state index contributed by atoms with van der Waals surface area (Å²) in [4.78, 5) is 23.4. The number of nitrogens with one attached hydrogen (secondary N) is 1. The zero-order chi connectivity index (χ0) is 12.0. The van der Waals surface area contributed by atoms with Gasteiger partial charge >= 0.3 is 12.0 Å². The first-order chi connectivity index (χ1) is 7.59. The van der Waals surface area contributed by atoms with E-state index in [1.54, 1.807) is 4.90 Å². The van der Waals surface area contributed by atoms with Crippen LogP contribution in [0.15, 0.2) is 0 Å². The van der Waals surface area contributed by atoms with Crippen LogP contribution < -0.4 is 5.32 Å². The smallest absolute Gasteiger partial charge is 0.317 e. The Morgan fingerprint density at radius 1 is 1.31 bits per heavy atom. The third-order valence-corrected chi connectivity index (χ3v) is 3.58. The van der Waals surface area contributed by atoms with Gasteiger partial charge in [0.1, 0.15) is 0 Å². The lowest BCUT2D eigenvalue weighted by Gasteiger charge is -2.26. The number of rotatable bonds is 4. The highest BCUT2D eigenvalue weighted by Crippen LogP contribution is 2.00. The predicted octanol–water partition coefficient (Wildman–Crippen LogP) is -0.375. The number of nitrogens with zero attached hydrogens (tertiary/aromatic N) is 1. The van der Waals surface area contributed by atoms with Gasteiger partial charge in [-0.05, 0) is 6.42 Å². The summed E-state index contributed by atoms with van der Waals surface area (Å²) < 4.78 is 11.1. The van der Waals surface area contributed by atoms with Gasteiger partial charge in [-0.3, -0.25) is 9.00 Å². The molecule has 7 heteroatoms. The minimum absolute atomic E-state index is 0.0598. The van der Waals surface area contributed by atoms with Crippen molar-refractivity contribution in [2.75, 3.05) is 31.1 Å². The third-order valence-electron chi connectivity index (χ3n) is 2.31. The Morgan fingerprint density at radius 3 is 2.50 bits per heavy atom. The molecule has 0 saturated carbocycles. The van der Waals surface area contributed by atoms with Crippen LogP contribution in [-0.4, -0.2) is 57.4 Å². The first-order valence-electron chi connectivity index (χ1n) is 5.19. The van der Waals surface area contributed by atoms with Gasteiger partial charge in [-0.25, -0.2) is 4.79 Å². The number of carbonyl (C=O) groups is 2. The third kappa shape index (κ3) is 4.61. The molecule has 92 valence electrons. The summed E-state index contributed by atoms with van der Waals surface area (Å²) >= 11 is 0. The van der Waals surface area contributed by atoms with Crippen LogP contribution in [0.2, 0.25) is 0 Å². The fourth-order valence-corrected chi connectivity index (χ4v) is 2.44. The molecule has 1 aliphatic rings. The molecule has 0 aliphatic carbocycles. The Kier molecular flexibility index (Phi) is 5.24. The van der Waals surface area contributed by atoms with Gasteiger partial charge in [0.2, 0.25) is 0 Å². The zero-order valence-corrected chi connectivity index (χ0v) is 9.79. The minimum Gasteiger partial charge on any atom is -0.481 e. The molecule has 2 amide bonds. The van der Waals surface area contributed by atoms with E-state index < -0.39 is 16.8 Å². The fraction of sp³-hybridized carbons (Fsp3) is 0.778. The van der Waals surface area contributed by atoms with E-state index >= 15 is 0 Å². The minimum atomic E-state index is -0.859. The van der Waals surface area contributed by atoms with E-state index in [9.17, 15) is 13.8 Å². The normalized spacial score (nSPS) is 17.1. The zero-order valence-electron chi connectivity index (χ0n) is 8.98. The van der Waals surface area contributed by atoms with Gasteiger partial charge in [-0.2, -0.15) is 0 Å². The summed E-state index contributed by atoms with van der Waals surface area (Å²) in [5.74, 6) is 0.202. The molecule has 0 bridgehead atoms. The molecule has 1 rings (SSSR count). The molecular formula is C9H16N2O4S. The number of carboxylic acids is 1. The molecule has 0 atom stereocenters. The van der Waals surface area contributed by atoms with Gasteiger partial charge in [0, 0.05) is 48.4 Å². The van der Waals surface area contributed by atoms with Crippen molar-refractivity contribution in [2.24, 2.45) is 0 Å². The Balaban J connectivity index is 2.15. The summed E-state index contributed by atoms with van der Waals surface area (Å²) in [6.07, 6.45) is 0.491. The van der Waals surface area contributed by atoms with Crippen LogP contribution in [0.1, 0.15) is 12.8 Å². The predicted molar refractivity (Wildman–Crippen MR) is 59.7 cm³/mol. The number of hydrogen-bond donors (Lipinski definition) is 2. The number of hydrogen-bond acceptors (Lipinski definition) is 3. The summed E-state index contributed by atoms with van der Waals surface area (Å²) in [5, 5.41) is 11.0. The van der Waals surface area contributed by atoms with Crippen LogP contribution >= 0.6 is 0 Å². The van der Waals surface area contributed by atoms with Crippen molar-refractivity contribution in [3.8, 4) is 0 Å². The highest BCUT2D eigenvalue weighted by Gasteiger charge is 2.19. The SMILES string of the molecule is O=C(O)CCCNC(=O)N1CCS(=O)CC1.